The van der Waals surface area contributed by atoms with Gasteiger partial charge in [-0.05, 0) is 48.9 Å². The lowest BCUT2D eigenvalue weighted by Crippen LogP contribution is -2.48. The number of fused-ring (bicyclic) bond motifs is 3. The molecule has 2 unspecified atom stereocenters. The summed E-state index contributed by atoms with van der Waals surface area (Å²) in [6.45, 7) is 8.70. The fraction of sp³-hybridized carbons (Fsp3) is 0.520. The predicted molar refractivity (Wildman–Crippen MR) is 133 cm³/mol. The van der Waals surface area contributed by atoms with E-state index in [0.717, 1.165) is 55.4 Å². The highest BCUT2D eigenvalue weighted by Gasteiger charge is 2.45. The van der Waals surface area contributed by atoms with Crippen molar-refractivity contribution >= 4 is 29.3 Å². The van der Waals surface area contributed by atoms with Gasteiger partial charge in [0.25, 0.3) is 0 Å². The van der Waals surface area contributed by atoms with Crippen LogP contribution < -0.4 is 20.4 Å². The van der Waals surface area contributed by atoms with E-state index in [1.807, 2.05) is 26.1 Å². The van der Waals surface area contributed by atoms with Gasteiger partial charge in [0, 0.05) is 56.3 Å². The molecule has 10 heteroatoms. The number of aromatic nitrogens is 4. The van der Waals surface area contributed by atoms with Crippen LogP contribution >= 0.6 is 0 Å². The van der Waals surface area contributed by atoms with Crippen molar-refractivity contribution in [2.45, 2.75) is 45.1 Å². The van der Waals surface area contributed by atoms with E-state index >= 15 is 0 Å². The minimum absolute atomic E-state index is 0.160. The summed E-state index contributed by atoms with van der Waals surface area (Å²) in [5.41, 5.74) is 1.85. The Morgan fingerprint density at radius 3 is 2.40 bits per heavy atom. The number of benzene rings is 1. The van der Waals surface area contributed by atoms with Gasteiger partial charge in [-0.25, -0.2) is 4.39 Å². The molecule has 2 fully saturated rings. The summed E-state index contributed by atoms with van der Waals surface area (Å²) in [6, 6.07) is 7.51. The maximum absolute atomic E-state index is 13.6. The first kappa shape index (κ1) is 22.1. The second kappa shape index (κ2) is 8.07. The molecule has 2 N–H and O–H groups in total. The molecule has 184 valence electrons. The standard InChI is InChI=1S/C25H31FN8O/c1-14-31-32-24(35-14)33-11-15-5-6-16(12-33)20(15)28-23-29-21(27-4)19-22(30-23)34(13-25(19,2)3)18-9-7-17(26)8-10-18/h7-10,15-16,20H,5-6,11-13H2,1-4H3,(H2,27,28,29,30). The molecule has 2 aliphatic heterocycles. The number of anilines is 5. The molecule has 1 aromatic carbocycles. The van der Waals surface area contributed by atoms with Gasteiger partial charge in [0.05, 0.1) is 0 Å². The summed E-state index contributed by atoms with van der Waals surface area (Å²) >= 11 is 0. The van der Waals surface area contributed by atoms with E-state index in [4.69, 9.17) is 14.4 Å². The molecule has 3 aromatic rings. The van der Waals surface area contributed by atoms with Crippen molar-refractivity contribution in [3.8, 4) is 0 Å². The molecular formula is C25H31FN8O. The molecule has 2 atom stereocenters. The second-order valence-electron chi connectivity index (χ2n) is 10.6. The Morgan fingerprint density at radius 1 is 1.06 bits per heavy atom. The summed E-state index contributed by atoms with van der Waals surface area (Å²) in [4.78, 5) is 14.3. The van der Waals surface area contributed by atoms with Crippen molar-refractivity contribution < 1.29 is 8.81 Å². The molecule has 2 aromatic heterocycles. The van der Waals surface area contributed by atoms with Crippen LogP contribution in [0.4, 0.5) is 33.7 Å². The van der Waals surface area contributed by atoms with E-state index in [1.165, 1.54) is 12.1 Å². The molecule has 9 nitrogen and oxygen atoms in total. The Hall–Kier alpha value is -3.43. The summed E-state index contributed by atoms with van der Waals surface area (Å²) in [5.74, 6) is 3.56. The minimum atomic E-state index is -0.245. The summed E-state index contributed by atoms with van der Waals surface area (Å²) in [7, 11) is 1.90. The third-order valence-electron chi connectivity index (χ3n) is 7.67. The van der Waals surface area contributed by atoms with Crippen molar-refractivity contribution in [3.63, 3.8) is 0 Å². The molecule has 1 aliphatic carbocycles. The van der Waals surface area contributed by atoms with Crippen molar-refractivity contribution in [2.24, 2.45) is 11.8 Å². The molecule has 35 heavy (non-hydrogen) atoms. The largest absolute Gasteiger partial charge is 0.408 e. The maximum Gasteiger partial charge on any atom is 0.318 e. The highest BCUT2D eigenvalue weighted by molar-refractivity contribution is 5.75. The number of nitrogens with zero attached hydrogens (tertiary/aromatic N) is 6. The van der Waals surface area contributed by atoms with E-state index in [2.05, 4.69) is 44.5 Å². The van der Waals surface area contributed by atoms with E-state index < -0.39 is 0 Å². The van der Waals surface area contributed by atoms with Gasteiger partial charge in [-0.15, -0.1) is 5.10 Å². The van der Waals surface area contributed by atoms with Crippen LogP contribution in [0.5, 0.6) is 0 Å². The molecule has 1 saturated carbocycles. The van der Waals surface area contributed by atoms with Crippen LogP contribution in [0.2, 0.25) is 0 Å². The number of halogens is 1. The number of hydrogen-bond donors (Lipinski definition) is 2. The Morgan fingerprint density at radius 2 is 1.77 bits per heavy atom. The van der Waals surface area contributed by atoms with E-state index in [-0.39, 0.29) is 17.3 Å². The van der Waals surface area contributed by atoms with Crippen LogP contribution in [0.25, 0.3) is 0 Å². The highest BCUT2D eigenvalue weighted by Crippen LogP contribution is 2.47. The Balaban J connectivity index is 1.30. The van der Waals surface area contributed by atoms with Crippen LogP contribution in [0.3, 0.4) is 0 Å². The SMILES string of the molecule is CNc1nc(NC2C3CCC2CN(c2nnc(C)o2)C3)nc2c1C(C)(C)CN2c1ccc(F)cc1. The van der Waals surface area contributed by atoms with Gasteiger partial charge in [-0.1, -0.05) is 18.9 Å². The van der Waals surface area contributed by atoms with E-state index in [1.54, 1.807) is 0 Å². The van der Waals surface area contributed by atoms with Crippen LogP contribution in [0.15, 0.2) is 28.7 Å². The van der Waals surface area contributed by atoms with E-state index in [0.29, 0.717) is 29.7 Å². The van der Waals surface area contributed by atoms with Gasteiger partial charge < -0.3 is 24.9 Å². The summed E-state index contributed by atoms with van der Waals surface area (Å²) in [5, 5.41) is 15.2. The molecule has 1 saturated heterocycles. The van der Waals surface area contributed by atoms with Crippen molar-refractivity contribution in [2.75, 3.05) is 47.1 Å². The topological polar surface area (TPSA) is 95.2 Å². The smallest absolute Gasteiger partial charge is 0.318 e. The van der Waals surface area contributed by atoms with Crippen LogP contribution in [0.1, 0.15) is 38.1 Å². The van der Waals surface area contributed by atoms with E-state index in [9.17, 15) is 4.39 Å². The van der Waals surface area contributed by atoms with Gasteiger partial charge in [-0.2, -0.15) is 9.97 Å². The molecule has 3 aliphatic rings. The number of hydrogen-bond acceptors (Lipinski definition) is 9. The Bertz CT molecular complexity index is 1230. The van der Waals surface area contributed by atoms with Gasteiger partial charge in [0.1, 0.15) is 17.5 Å². The quantitative estimate of drug-likeness (QED) is 0.562. The van der Waals surface area contributed by atoms with Crippen LogP contribution in [0, 0.1) is 24.6 Å². The predicted octanol–water partition coefficient (Wildman–Crippen LogP) is 4.11. The zero-order valence-corrected chi connectivity index (χ0v) is 20.5. The molecule has 0 spiro atoms. The normalized spacial score (nSPS) is 24.5. The van der Waals surface area contributed by atoms with Gasteiger partial charge >= 0.3 is 6.01 Å². The molecular weight excluding hydrogens is 447 g/mol. The Labute approximate surface area is 204 Å². The van der Waals surface area contributed by atoms with Gasteiger partial charge in [0.15, 0.2) is 0 Å². The maximum atomic E-state index is 13.6. The molecule has 0 amide bonds. The third-order valence-corrected chi connectivity index (χ3v) is 7.67. The Kier molecular flexibility index (Phi) is 5.08. The third kappa shape index (κ3) is 3.75. The summed E-state index contributed by atoms with van der Waals surface area (Å²) in [6.07, 6.45) is 2.29. The number of nitrogens with one attached hydrogen (secondary N) is 2. The fourth-order valence-electron chi connectivity index (χ4n) is 6.07. The fourth-order valence-corrected chi connectivity index (χ4v) is 6.07. The number of aryl methyl sites for hydroxylation is 1. The second-order valence-corrected chi connectivity index (χ2v) is 10.6. The zero-order chi connectivity index (χ0) is 24.3. The first-order valence-corrected chi connectivity index (χ1v) is 12.3. The molecule has 4 heterocycles. The van der Waals surface area contributed by atoms with Crippen molar-refractivity contribution in [3.05, 3.63) is 41.5 Å². The average molecular weight is 479 g/mol. The van der Waals surface area contributed by atoms with Gasteiger partial charge in [-0.3, -0.25) is 0 Å². The first-order chi connectivity index (χ1) is 16.8. The van der Waals surface area contributed by atoms with Crippen LogP contribution in [-0.2, 0) is 5.41 Å². The number of piperidine rings is 1. The van der Waals surface area contributed by atoms with Gasteiger partial charge in [0.2, 0.25) is 11.8 Å². The van der Waals surface area contributed by atoms with Crippen molar-refractivity contribution in [1.29, 1.82) is 0 Å². The monoisotopic (exact) mass is 478 g/mol. The molecule has 2 bridgehead atoms. The lowest BCUT2D eigenvalue weighted by Gasteiger charge is -2.37. The minimum Gasteiger partial charge on any atom is -0.408 e. The number of rotatable bonds is 5. The highest BCUT2D eigenvalue weighted by atomic mass is 19.1. The molecule has 6 rings (SSSR count). The lowest BCUT2D eigenvalue weighted by molar-refractivity contribution is 0.357. The lowest BCUT2D eigenvalue weighted by atomic mass is 9.88. The molecule has 0 radical (unpaired) electrons. The zero-order valence-electron chi connectivity index (χ0n) is 20.5. The first-order valence-electron chi connectivity index (χ1n) is 12.3. The van der Waals surface area contributed by atoms with Crippen LogP contribution in [-0.4, -0.2) is 52.9 Å². The summed E-state index contributed by atoms with van der Waals surface area (Å²) < 4.78 is 19.3. The van der Waals surface area contributed by atoms with Crippen molar-refractivity contribution in [1.82, 2.24) is 20.2 Å². The average Bonchev–Trinajstić information content (AvgIpc) is 3.45.